The minimum absolute atomic E-state index is 0.0153. The molecule has 2 rings (SSSR count). The molecular weight excluding hydrogens is 250 g/mol. The van der Waals surface area contributed by atoms with Crippen LogP contribution in [0.4, 0.5) is 5.69 Å². The van der Waals surface area contributed by atoms with Gasteiger partial charge >= 0.3 is 5.69 Å². The van der Waals surface area contributed by atoms with Crippen molar-refractivity contribution >= 4 is 17.7 Å². The average molecular weight is 261 g/mol. The van der Waals surface area contributed by atoms with Crippen molar-refractivity contribution in [3.63, 3.8) is 0 Å². The first-order chi connectivity index (χ1) is 8.66. The Balaban J connectivity index is 2.17. The van der Waals surface area contributed by atoms with E-state index >= 15 is 0 Å². The second-order valence-corrected chi connectivity index (χ2v) is 4.51. The highest BCUT2D eigenvalue weighted by atomic mass is 32.2. The van der Waals surface area contributed by atoms with Crippen molar-refractivity contribution in [1.29, 1.82) is 0 Å². The van der Waals surface area contributed by atoms with Gasteiger partial charge in [-0.1, -0.05) is 24.3 Å². The Hall–Kier alpha value is -2.01. The molecule has 0 saturated heterocycles. The Kier molecular flexibility index (Phi) is 3.84. The van der Waals surface area contributed by atoms with Crippen molar-refractivity contribution in [2.75, 3.05) is 0 Å². The highest BCUT2D eigenvalue weighted by molar-refractivity contribution is 7.95. The van der Waals surface area contributed by atoms with E-state index in [9.17, 15) is 10.1 Å². The molecule has 0 aromatic heterocycles. The van der Waals surface area contributed by atoms with E-state index in [2.05, 4.69) is 0 Å². The fraction of sp³-hybridized carbons (Fsp3) is 0.0769. The van der Waals surface area contributed by atoms with E-state index in [-0.39, 0.29) is 11.4 Å². The van der Waals surface area contributed by atoms with Gasteiger partial charge in [0.05, 0.1) is 17.0 Å². The van der Waals surface area contributed by atoms with Gasteiger partial charge in [0.2, 0.25) is 5.75 Å². The quantitative estimate of drug-likeness (QED) is 0.474. The predicted octanol–water partition coefficient (Wildman–Crippen LogP) is 3.99. The van der Waals surface area contributed by atoms with E-state index in [1.54, 1.807) is 19.1 Å². The third-order valence-electron chi connectivity index (χ3n) is 2.28. The molecule has 4 nitrogen and oxygen atoms in total. The second kappa shape index (κ2) is 5.55. The van der Waals surface area contributed by atoms with Crippen LogP contribution in [-0.2, 0) is 0 Å². The van der Waals surface area contributed by atoms with Crippen molar-refractivity contribution in [3.05, 3.63) is 64.2 Å². The summed E-state index contributed by atoms with van der Waals surface area (Å²) in [5.74, 6) is 0.263. The van der Waals surface area contributed by atoms with Gasteiger partial charge in [-0.15, -0.1) is 0 Å². The smallest absolute Gasteiger partial charge is 0.312 e. The van der Waals surface area contributed by atoms with Crippen molar-refractivity contribution < 1.29 is 9.11 Å². The highest BCUT2D eigenvalue weighted by Gasteiger charge is 2.15. The van der Waals surface area contributed by atoms with Crippen LogP contribution < -0.4 is 4.18 Å². The van der Waals surface area contributed by atoms with Gasteiger partial charge in [0.15, 0.2) is 0 Å². The second-order valence-electron chi connectivity index (χ2n) is 3.71. The Morgan fingerprint density at radius 1 is 1.17 bits per heavy atom. The molecule has 0 saturated carbocycles. The van der Waals surface area contributed by atoms with Gasteiger partial charge in [-0.05, 0) is 30.7 Å². The summed E-state index contributed by atoms with van der Waals surface area (Å²) in [6, 6.07) is 14.3. The lowest BCUT2D eigenvalue weighted by atomic mass is 10.2. The Morgan fingerprint density at radius 3 is 2.56 bits per heavy atom. The topological polar surface area (TPSA) is 52.4 Å². The summed E-state index contributed by atoms with van der Waals surface area (Å²) in [4.78, 5) is 11.4. The van der Waals surface area contributed by atoms with E-state index in [1.165, 1.54) is 6.07 Å². The maximum absolute atomic E-state index is 10.9. The molecule has 0 spiro atoms. The zero-order chi connectivity index (χ0) is 13.0. The molecule has 0 atom stereocenters. The number of nitro benzene ring substituents is 1. The van der Waals surface area contributed by atoms with E-state index in [1.807, 2.05) is 30.3 Å². The van der Waals surface area contributed by atoms with Crippen molar-refractivity contribution in [2.24, 2.45) is 0 Å². The van der Waals surface area contributed by atoms with Crippen molar-refractivity contribution in [2.45, 2.75) is 11.8 Å². The first kappa shape index (κ1) is 12.4. The number of rotatable bonds is 4. The van der Waals surface area contributed by atoms with Crippen LogP contribution in [0.15, 0.2) is 53.4 Å². The molecular formula is C13H11NO3S. The zero-order valence-corrected chi connectivity index (χ0v) is 10.5. The first-order valence-corrected chi connectivity index (χ1v) is 6.05. The number of nitro groups is 1. The lowest BCUT2D eigenvalue weighted by Crippen LogP contribution is -1.93. The van der Waals surface area contributed by atoms with E-state index in [0.29, 0.717) is 0 Å². The third-order valence-corrected chi connectivity index (χ3v) is 3.01. The average Bonchev–Trinajstić information content (AvgIpc) is 2.38. The molecule has 0 unspecified atom stereocenters. The summed E-state index contributed by atoms with van der Waals surface area (Å²) >= 11 is 1.11. The summed E-state index contributed by atoms with van der Waals surface area (Å²) < 4.78 is 5.41. The normalized spacial score (nSPS) is 10.1. The molecule has 92 valence electrons. The molecule has 0 radical (unpaired) electrons. The fourth-order valence-electron chi connectivity index (χ4n) is 1.41. The highest BCUT2D eigenvalue weighted by Crippen LogP contribution is 2.32. The lowest BCUT2D eigenvalue weighted by Gasteiger charge is -2.05. The largest absolute Gasteiger partial charge is 0.413 e. The Bertz CT molecular complexity index is 557. The van der Waals surface area contributed by atoms with Gasteiger partial charge < -0.3 is 4.18 Å². The SMILES string of the molecule is Cc1ccc(OSc2ccccc2)c([N+](=O)[O-])c1. The third kappa shape index (κ3) is 3.01. The van der Waals surface area contributed by atoms with E-state index < -0.39 is 4.92 Å². The Morgan fingerprint density at radius 2 is 1.89 bits per heavy atom. The van der Waals surface area contributed by atoms with E-state index in [0.717, 1.165) is 22.5 Å². The maximum atomic E-state index is 10.9. The van der Waals surface area contributed by atoms with Gasteiger partial charge in [0.1, 0.15) is 0 Å². The number of hydrogen-bond donors (Lipinski definition) is 0. The summed E-state index contributed by atoms with van der Waals surface area (Å²) in [5, 5.41) is 10.9. The molecule has 18 heavy (non-hydrogen) atoms. The van der Waals surface area contributed by atoms with Gasteiger partial charge in [-0.25, -0.2) is 0 Å². The first-order valence-electron chi connectivity index (χ1n) is 5.31. The summed E-state index contributed by atoms with van der Waals surface area (Å²) in [7, 11) is 0. The van der Waals surface area contributed by atoms with Crippen molar-refractivity contribution in [3.8, 4) is 5.75 Å². The molecule has 2 aromatic carbocycles. The molecule has 0 fully saturated rings. The minimum Gasteiger partial charge on any atom is -0.413 e. The van der Waals surface area contributed by atoms with Crippen LogP contribution >= 0.6 is 12.0 Å². The Labute approximate surface area is 109 Å². The standard InChI is InChI=1S/C13H11NO3S/c1-10-7-8-13(12(9-10)14(15)16)17-18-11-5-3-2-4-6-11/h2-9H,1H3. The molecule has 0 amide bonds. The zero-order valence-electron chi connectivity index (χ0n) is 9.70. The van der Waals surface area contributed by atoms with Gasteiger partial charge in [0.25, 0.3) is 0 Å². The maximum Gasteiger partial charge on any atom is 0.312 e. The summed E-state index contributed by atoms with van der Waals surface area (Å²) in [5.41, 5.74) is 0.817. The molecule has 2 aromatic rings. The van der Waals surface area contributed by atoms with Crippen molar-refractivity contribution in [1.82, 2.24) is 0 Å². The van der Waals surface area contributed by atoms with Crippen LogP contribution in [0.5, 0.6) is 5.75 Å². The molecule has 0 aliphatic carbocycles. The van der Waals surface area contributed by atoms with Gasteiger partial charge in [-0.2, -0.15) is 0 Å². The molecule has 0 N–H and O–H groups in total. The molecule has 0 aliphatic heterocycles. The number of aryl methyl sites for hydroxylation is 1. The van der Waals surface area contributed by atoms with Crippen LogP contribution in [0.3, 0.4) is 0 Å². The number of nitrogens with zero attached hydrogens (tertiary/aromatic N) is 1. The summed E-state index contributed by atoms with van der Waals surface area (Å²) in [6.07, 6.45) is 0. The van der Waals surface area contributed by atoms with E-state index in [4.69, 9.17) is 4.18 Å². The minimum atomic E-state index is -0.437. The number of hydrogen-bond acceptors (Lipinski definition) is 4. The van der Waals surface area contributed by atoms with Crippen LogP contribution in [0.1, 0.15) is 5.56 Å². The van der Waals surface area contributed by atoms with Crippen LogP contribution in [0.2, 0.25) is 0 Å². The monoisotopic (exact) mass is 261 g/mol. The van der Waals surface area contributed by atoms with Crippen LogP contribution in [-0.4, -0.2) is 4.92 Å². The number of benzene rings is 2. The van der Waals surface area contributed by atoms with Crippen LogP contribution in [0.25, 0.3) is 0 Å². The van der Waals surface area contributed by atoms with Gasteiger partial charge in [0, 0.05) is 11.0 Å². The predicted molar refractivity (Wildman–Crippen MR) is 70.8 cm³/mol. The summed E-state index contributed by atoms with van der Waals surface area (Å²) in [6.45, 7) is 1.81. The van der Waals surface area contributed by atoms with Crippen LogP contribution in [0, 0.1) is 17.0 Å². The lowest BCUT2D eigenvalue weighted by molar-refractivity contribution is -0.385. The molecule has 0 bridgehead atoms. The molecule has 5 heteroatoms. The molecule has 0 heterocycles. The fourth-order valence-corrected chi connectivity index (χ4v) is 2.00. The molecule has 0 aliphatic rings. The van der Waals surface area contributed by atoms with Gasteiger partial charge in [-0.3, -0.25) is 10.1 Å².